The first kappa shape index (κ1) is 31.6. The van der Waals surface area contributed by atoms with Crippen LogP contribution in [0.3, 0.4) is 0 Å². The molecule has 0 aromatic rings. The van der Waals surface area contributed by atoms with E-state index in [1.807, 2.05) is 0 Å². The molecule has 4 saturated carbocycles. The number of hydrogen-bond donors (Lipinski definition) is 4. The lowest BCUT2D eigenvalue weighted by Gasteiger charge is -2.63. The Hall–Kier alpha value is 0.0400. The van der Waals surface area contributed by atoms with Gasteiger partial charge in [0.15, 0.2) is 0 Å². The van der Waals surface area contributed by atoms with E-state index in [0.29, 0.717) is 36.0 Å². The van der Waals surface area contributed by atoms with Crippen molar-refractivity contribution in [2.45, 2.75) is 103 Å². The molecular weight excluding hydrogens is 579 g/mol. The summed E-state index contributed by atoms with van der Waals surface area (Å²) in [7, 11) is 6.52. The van der Waals surface area contributed by atoms with Crippen molar-refractivity contribution in [1.29, 1.82) is 0 Å². The third-order valence-corrected chi connectivity index (χ3v) is 11.7. The molecular formula is C30H55IN2O4. The zero-order valence-electron chi connectivity index (χ0n) is 24.3. The number of aliphatic hydroxyl groups is 3. The molecule has 11 atom stereocenters. The third kappa shape index (κ3) is 6.20. The van der Waals surface area contributed by atoms with E-state index in [4.69, 9.17) is 0 Å². The van der Waals surface area contributed by atoms with Crippen LogP contribution in [0.15, 0.2) is 0 Å². The Kier molecular flexibility index (Phi) is 10.1. The van der Waals surface area contributed by atoms with Gasteiger partial charge in [0.2, 0.25) is 5.91 Å². The van der Waals surface area contributed by atoms with Gasteiger partial charge in [0, 0.05) is 19.4 Å². The normalized spacial score (nSPS) is 44.1. The Labute approximate surface area is 243 Å². The highest BCUT2D eigenvalue weighted by Crippen LogP contribution is 2.68. The molecule has 1 amide bonds. The fourth-order valence-electron chi connectivity index (χ4n) is 9.56. The van der Waals surface area contributed by atoms with E-state index in [9.17, 15) is 20.1 Å². The van der Waals surface area contributed by atoms with Gasteiger partial charge in [-0.1, -0.05) is 20.8 Å². The summed E-state index contributed by atoms with van der Waals surface area (Å²) in [4.78, 5) is 12.5. The largest absolute Gasteiger partial charge is 1.00 e. The predicted molar refractivity (Wildman–Crippen MR) is 143 cm³/mol. The Balaban J connectivity index is 0.00000380. The minimum atomic E-state index is -0.363. The minimum Gasteiger partial charge on any atom is -1.00 e. The second-order valence-corrected chi connectivity index (χ2v) is 14.8. The van der Waals surface area contributed by atoms with Crippen molar-refractivity contribution >= 4 is 5.91 Å². The molecule has 0 aliphatic heterocycles. The molecule has 0 radical (unpaired) electrons. The van der Waals surface area contributed by atoms with Crippen molar-refractivity contribution in [1.82, 2.24) is 5.32 Å². The van der Waals surface area contributed by atoms with Crippen molar-refractivity contribution in [3.63, 3.8) is 0 Å². The lowest BCUT2D eigenvalue weighted by Crippen LogP contribution is -3.00. The topological polar surface area (TPSA) is 89.8 Å². The quantitative estimate of drug-likeness (QED) is 0.179. The summed E-state index contributed by atoms with van der Waals surface area (Å²) in [6.07, 6.45) is 7.84. The number of hydrogen-bond acceptors (Lipinski definition) is 4. The number of nitrogens with zero attached hydrogens (tertiary/aromatic N) is 1. The van der Waals surface area contributed by atoms with Gasteiger partial charge < -0.3 is 49.1 Å². The summed E-state index contributed by atoms with van der Waals surface area (Å²) in [6, 6.07) is 0. The van der Waals surface area contributed by atoms with Gasteiger partial charge in [-0.3, -0.25) is 4.79 Å². The highest BCUT2D eigenvalue weighted by Gasteiger charge is 2.65. The first-order valence-electron chi connectivity index (χ1n) is 14.9. The number of aliphatic hydroxyl groups excluding tert-OH is 3. The number of halogens is 1. The average molecular weight is 635 g/mol. The molecule has 0 aromatic heterocycles. The van der Waals surface area contributed by atoms with Crippen LogP contribution in [0.25, 0.3) is 0 Å². The molecule has 0 saturated heterocycles. The van der Waals surface area contributed by atoms with E-state index >= 15 is 0 Å². The van der Waals surface area contributed by atoms with Gasteiger partial charge in [-0.2, -0.15) is 0 Å². The highest BCUT2D eigenvalue weighted by molar-refractivity contribution is 5.75. The summed E-state index contributed by atoms with van der Waals surface area (Å²) in [6.45, 7) is 8.74. The molecule has 0 heterocycles. The van der Waals surface area contributed by atoms with Crippen LogP contribution in [0, 0.1) is 46.3 Å². The Bertz CT molecular complexity index is 790. The number of carbonyl (C=O) groups is 1. The number of carbonyl (C=O) groups excluding carboxylic acids is 1. The molecule has 4 aliphatic carbocycles. The molecule has 0 aromatic carbocycles. The van der Waals surface area contributed by atoms with Crippen molar-refractivity contribution in [3.8, 4) is 0 Å². The summed E-state index contributed by atoms with van der Waals surface area (Å²) in [5, 5.41) is 36.6. The van der Waals surface area contributed by atoms with Gasteiger partial charge in [-0.05, 0) is 97.7 Å². The average Bonchev–Trinajstić information content (AvgIpc) is 3.15. The maximum Gasteiger partial charge on any atom is 0.220 e. The van der Waals surface area contributed by atoms with Crippen LogP contribution in [0.4, 0.5) is 0 Å². The monoisotopic (exact) mass is 634 g/mol. The van der Waals surface area contributed by atoms with Gasteiger partial charge >= 0.3 is 0 Å². The van der Waals surface area contributed by atoms with Gasteiger partial charge in [-0.15, -0.1) is 0 Å². The Morgan fingerprint density at radius 3 is 2.41 bits per heavy atom. The fourth-order valence-corrected chi connectivity index (χ4v) is 9.56. The van der Waals surface area contributed by atoms with Gasteiger partial charge in [0.05, 0.1) is 46.0 Å². The van der Waals surface area contributed by atoms with E-state index in [2.05, 4.69) is 47.2 Å². The molecule has 0 bridgehead atoms. The molecule has 6 nitrogen and oxygen atoms in total. The van der Waals surface area contributed by atoms with Crippen LogP contribution in [0.2, 0.25) is 0 Å². The molecule has 4 N–H and O–H groups in total. The van der Waals surface area contributed by atoms with E-state index < -0.39 is 0 Å². The van der Waals surface area contributed by atoms with E-state index in [1.165, 1.54) is 0 Å². The van der Waals surface area contributed by atoms with Crippen molar-refractivity contribution < 1.29 is 48.6 Å². The molecule has 4 aliphatic rings. The second-order valence-electron chi connectivity index (χ2n) is 14.8. The van der Waals surface area contributed by atoms with Crippen LogP contribution in [0.5, 0.6) is 0 Å². The zero-order chi connectivity index (χ0) is 26.5. The lowest BCUT2D eigenvalue weighted by atomic mass is 9.43. The number of rotatable bonds is 8. The smallest absolute Gasteiger partial charge is 0.220 e. The second kappa shape index (κ2) is 11.9. The number of quaternary nitrogens is 1. The van der Waals surface area contributed by atoms with Crippen LogP contribution >= 0.6 is 0 Å². The predicted octanol–water partition coefficient (Wildman–Crippen LogP) is 0.581. The summed E-state index contributed by atoms with van der Waals surface area (Å²) < 4.78 is 0.912. The Morgan fingerprint density at radius 1 is 1.03 bits per heavy atom. The fraction of sp³-hybridized carbons (Fsp3) is 0.967. The summed E-state index contributed by atoms with van der Waals surface area (Å²) in [5.41, 5.74) is -0.0842. The van der Waals surface area contributed by atoms with E-state index in [1.54, 1.807) is 0 Å². The maximum atomic E-state index is 12.5. The SMILES string of the molecule is C[C@H](CCC(=O)NCCC[N+](C)(C)C)[C@H]1CCC2C3C(C[C@H](O)[C@@]21C)[C@@]1(C)CC[C@@H](O)CC1C[C@H]3O.[I-]. The molecule has 4 rings (SSSR count). The van der Waals surface area contributed by atoms with Gasteiger partial charge in [-0.25, -0.2) is 0 Å². The molecule has 4 unspecified atom stereocenters. The van der Waals surface area contributed by atoms with Crippen LogP contribution < -0.4 is 29.3 Å². The van der Waals surface area contributed by atoms with E-state index in [0.717, 1.165) is 75.4 Å². The third-order valence-electron chi connectivity index (χ3n) is 11.7. The highest BCUT2D eigenvalue weighted by atomic mass is 127. The molecule has 7 heteroatoms. The minimum absolute atomic E-state index is 0. The van der Waals surface area contributed by atoms with Crippen LogP contribution in [-0.2, 0) is 4.79 Å². The van der Waals surface area contributed by atoms with Gasteiger partial charge in [0.1, 0.15) is 0 Å². The number of amides is 1. The molecule has 216 valence electrons. The van der Waals surface area contributed by atoms with E-state index in [-0.39, 0.29) is 64.9 Å². The molecule has 37 heavy (non-hydrogen) atoms. The van der Waals surface area contributed by atoms with Crippen molar-refractivity contribution in [3.05, 3.63) is 0 Å². The maximum absolute atomic E-state index is 12.5. The van der Waals surface area contributed by atoms with Crippen LogP contribution in [0.1, 0.15) is 85.0 Å². The van der Waals surface area contributed by atoms with Crippen molar-refractivity contribution in [2.24, 2.45) is 46.3 Å². The van der Waals surface area contributed by atoms with Gasteiger partial charge in [0.25, 0.3) is 0 Å². The Morgan fingerprint density at radius 2 is 1.73 bits per heavy atom. The lowest BCUT2D eigenvalue weighted by molar-refractivity contribution is -0.870. The number of nitrogens with one attached hydrogen (secondary N) is 1. The molecule has 4 fully saturated rings. The standard InChI is InChI=1S/C30H54N2O4.HI/c1-19(8-11-27(36)31-14-7-15-32(4,5)6)22-9-10-23-28-24(18-26(35)30(22,23)3)29(2)13-12-21(33)16-20(29)17-25(28)34;/h19-26,28,33-35H,7-18H2,1-6H3;1H/t19-,20?,21-,22-,23?,24?,25-,26+,28?,29+,30-;/m1./s1. The zero-order valence-corrected chi connectivity index (χ0v) is 26.4. The number of fused-ring (bicyclic) bond motifs is 5. The first-order chi connectivity index (χ1) is 16.8. The van der Waals surface area contributed by atoms with Crippen molar-refractivity contribution in [2.75, 3.05) is 34.2 Å². The molecule has 0 spiro atoms. The van der Waals surface area contributed by atoms with Crippen LogP contribution in [-0.4, -0.2) is 78.3 Å². The first-order valence-corrected chi connectivity index (χ1v) is 14.9. The summed E-state index contributed by atoms with van der Waals surface area (Å²) in [5.74, 6) is 2.17. The summed E-state index contributed by atoms with van der Waals surface area (Å²) >= 11 is 0.